The third kappa shape index (κ3) is 13.1. The smallest absolute Gasteiger partial charge is 0.407 e. The van der Waals surface area contributed by atoms with Crippen molar-refractivity contribution in [1.29, 1.82) is 0 Å². The van der Waals surface area contributed by atoms with Crippen molar-refractivity contribution >= 4 is 40.9 Å². The van der Waals surface area contributed by atoms with Gasteiger partial charge in [0, 0.05) is 13.7 Å². The van der Waals surface area contributed by atoms with Crippen LogP contribution in [0.25, 0.3) is 0 Å². The van der Waals surface area contributed by atoms with Crippen LogP contribution in [0.3, 0.4) is 0 Å². The van der Waals surface area contributed by atoms with Gasteiger partial charge in [0.25, 0.3) is 0 Å². The monoisotopic (exact) mass is 563 g/mol. The van der Waals surface area contributed by atoms with Crippen LogP contribution in [0.5, 0.6) is 0 Å². The van der Waals surface area contributed by atoms with Gasteiger partial charge in [-0.2, -0.15) is 0 Å². The number of alkyl halides is 3. The van der Waals surface area contributed by atoms with Crippen LogP contribution in [0.4, 0.5) is 4.79 Å². The number of nitrogens with one attached hydrogen (secondary N) is 1. The Bertz CT molecular complexity index is 596. The van der Waals surface area contributed by atoms with Crippen molar-refractivity contribution in [3.8, 4) is 0 Å². The van der Waals surface area contributed by atoms with E-state index in [4.69, 9.17) is 58.5 Å². The molecule has 0 spiro atoms. The average Bonchev–Trinajstić information content (AvgIpc) is 2.82. The normalized spacial score (nSPS) is 25.7. The van der Waals surface area contributed by atoms with Gasteiger partial charge in [0.15, 0.2) is 6.29 Å². The highest BCUT2D eigenvalue weighted by molar-refractivity contribution is 6.67. The Kier molecular flexibility index (Phi) is 16.8. The number of halogens is 3. The van der Waals surface area contributed by atoms with Gasteiger partial charge >= 0.3 is 6.09 Å². The highest BCUT2D eigenvalue weighted by Gasteiger charge is 2.47. The minimum atomic E-state index is -1.79. The summed E-state index contributed by atoms with van der Waals surface area (Å²) in [5.74, 6) is 0. The maximum Gasteiger partial charge on any atom is 0.407 e. The summed E-state index contributed by atoms with van der Waals surface area (Å²) >= 11 is 16.9. The topological polar surface area (TPSA) is 116 Å². The minimum absolute atomic E-state index is 0.00396. The maximum atomic E-state index is 12.4. The quantitative estimate of drug-likeness (QED) is 0.138. The van der Waals surface area contributed by atoms with Crippen molar-refractivity contribution in [1.82, 2.24) is 5.32 Å². The highest BCUT2D eigenvalue weighted by atomic mass is 35.6. The van der Waals surface area contributed by atoms with Crippen LogP contribution in [-0.2, 0) is 23.7 Å². The molecule has 0 aromatic rings. The first-order valence-corrected chi connectivity index (χ1v) is 13.1. The molecule has 9 nitrogen and oxygen atoms in total. The molecule has 0 aliphatic carbocycles. The van der Waals surface area contributed by atoms with Crippen LogP contribution in [0.15, 0.2) is 12.7 Å². The molecule has 3 N–H and O–H groups in total. The van der Waals surface area contributed by atoms with E-state index in [1.807, 2.05) is 0 Å². The van der Waals surface area contributed by atoms with Crippen molar-refractivity contribution in [2.75, 3.05) is 33.5 Å². The summed E-state index contributed by atoms with van der Waals surface area (Å²) in [5.41, 5.74) is 0. The van der Waals surface area contributed by atoms with E-state index in [1.54, 1.807) is 7.11 Å². The Morgan fingerprint density at radius 2 is 1.91 bits per heavy atom. The number of rotatable bonds is 17. The van der Waals surface area contributed by atoms with E-state index < -0.39 is 53.7 Å². The van der Waals surface area contributed by atoms with Crippen molar-refractivity contribution in [3.05, 3.63) is 12.7 Å². The Balaban J connectivity index is 2.82. The van der Waals surface area contributed by atoms with E-state index in [0.717, 1.165) is 19.3 Å². The van der Waals surface area contributed by atoms with E-state index in [0.29, 0.717) is 6.42 Å². The molecule has 1 fully saturated rings. The number of aliphatic hydroxyl groups is 2. The molecule has 0 aromatic heterocycles. The Morgan fingerprint density at radius 3 is 2.51 bits per heavy atom. The third-order valence-corrected chi connectivity index (χ3v) is 5.92. The summed E-state index contributed by atoms with van der Waals surface area (Å²) < 4.78 is 26.0. The van der Waals surface area contributed by atoms with Gasteiger partial charge in [-0.1, -0.05) is 79.9 Å². The average molecular weight is 565 g/mol. The molecule has 1 saturated heterocycles. The molecule has 1 amide bonds. The first-order valence-electron chi connectivity index (χ1n) is 12.0. The molecule has 12 heteroatoms. The van der Waals surface area contributed by atoms with E-state index in [9.17, 15) is 15.0 Å². The fraction of sp³-hybridized carbons (Fsp3) is 0.870. The molecule has 1 heterocycles. The van der Waals surface area contributed by atoms with Crippen molar-refractivity contribution in [2.24, 2.45) is 0 Å². The number of amides is 1. The van der Waals surface area contributed by atoms with E-state index in [2.05, 4.69) is 18.8 Å². The summed E-state index contributed by atoms with van der Waals surface area (Å²) in [6.07, 6.45) is 3.61. The van der Waals surface area contributed by atoms with Gasteiger partial charge in [-0.15, -0.1) is 6.58 Å². The summed E-state index contributed by atoms with van der Waals surface area (Å²) in [6, 6.07) is -0.981. The zero-order chi connectivity index (χ0) is 26.3. The zero-order valence-electron chi connectivity index (χ0n) is 20.5. The highest BCUT2D eigenvalue weighted by Crippen LogP contribution is 2.27. The van der Waals surface area contributed by atoms with Crippen LogP contribution in [0.1, 0.15) is 51.9 Å². The van der Waals surface area contributed by atoms with Crippen LogP contribution in [0.2, 0.25) is 0 Å². The number of unbranched alkanes of at least 4 members (excludes halogenated alkanes) is 4. The number of ether oxygens (including phenoxy) is 5. The lowest BCUT2D eigenvalue weighted by Crippen LogP contribution is -2.65. The molecule has 0 radical (unpaired) electrons. The lowest BCUT2D eigenvalue weighted by molar-refractivity contribution is -0.274. The predicted octanol–water partition coefficient (Wildman–Crippen LogP) is 3.88. The number of methoxy groups -OCH3 is 1. The molecule has 0 unspecified atom stereocenters. The summed E-state index contributed by atoms with van der Waals surface area (Å²) in [5, 5.41) is 23.0. The first-order chi connectivity index (χ1) is 16.7. The second-order valence-corrected chi connectivity index (χ2v) is 10.9. The van der Waals surface area contributed by atoms with Gasteiger partial charge in [-0.05, 0) is 12.8 Å². The number of aliphatic hydroxyl groups excluding tert-OH is 2. The number of hydrogen-bond donors (Lipinski definition) is 3. The Morgan fingerprint density at radius 1 is 1.20 bits per heavy atom. The second kappa shape index (κ2) is 18.0. The molecule has 1 aliphatic rings. The number of alkyl carbamates (subject to hydrolysis) is 1. The fourth-order valence-electron chi connectivity index (χ4n) is 3.74. The van der Waals surface area contributed by atoms with Crippen LogP contribution in [-0.4, -0.2) is 90.4 Å². The molecule has 35 heavy (non-hydrogen) atoms. The van der Waals surface area contributed by atoms with Gasteiger partial charge in [0.2, 0.25) is 3.79 Å². The van der Waals surface area contributed by atoms with Gasteiger partial charge in [-0.25, -0.2) is 4.79 Å². The van der Waals surface area contributed by atoms with E-state index in [1.165, 1.54) is 25.3 Å². The summed E-state index contributed by atoms with van der Waals surface area (Å²) in [7, 11) is 1.66. The molecular weight excluding hydrogens is 525 g/mol. The van der Waals surface area contributed by atoms with E-state index in [-0.39, 0.29) is 19.3 Å². The molecular formula is C23H40Cl3NO8. The van der Waals surface area contributed by atoms with Gasteiger partial charge in [0.1, 0.15) is 31.0 Å². The lowest BCUT2D eigenvalue weighted by atomic mass is 9.96. The molecule has 1 rings (SSSR count). The molecule has 0 bridgehead atoms. The molecule has 206 valence electrons. The standard InChI is InChI=1S/C23H40Cl3NO8/c1-4-6-7-8-9-10-16(31-3)11-13-32-20-18(27-22(30)34-15-23(24,25)26)21(33-12-5-2)35-17(14-28)19(20)29/h5,16-21,28-29H,2,4,6-15H2,1,3H3,(H,27,30)/t16-,17-,18-,19-,20-,21+/m1/s1. The van der Waals surface area contributed by atoms with Crippen LogP contribution < -0.4 is 5.32 Å². The maximum absolute atomic E-state index is 12.4. The molecule has 6 atom stereocenters. The van der Waals surface area contributed by atoms with Gasteiger partial charge < -0.3 is 39.2 Å². The second-order valence-electron chi connectivity index (χ2n) is 8.38. The molecule has 1 aliphatic heterocycles. The van der Waals surface area contributed by atoms with Gasteiger partial charge in [0.05, 0.1) is 19.3 Å². The van der Waals surface area contributed by atoms with E-state index >= 15 is 0 Å². The fourth-order valence-corrected chi connectivity index (χ4v) is 3.91. The predicted molar refractivity (Wildman–Crippen MR) is 135 cm³/mol. The summed E-state index contributed by atoms with van der Waals surface area (Å²) in [6.45, 7) is 5.15. The SMILES string of the molecule is C=CCO[C@H]1O[C@H](CO)[C@@H](O)[C@H](OCC[C@@H](CCCCCCC)OC)[C@H]1NC(=O)OCC(Cl)(Cl)Cl. The lowest BCUT2D eigenvalue weighted by Gasteiger charge is -2.44. The van der Waals surface area contributed by atoms with Crippen LogP contribution >= 0.6 is 34.8 Å². The van der Waals surface area contributed by atoms with Gasteiger partial charge in [-0.3, -0.25) is 0 Å². The van der Waals surface area contributed by atoms with Crippen LogP contribution in [0, 0.1) is 0 Å². The Labute approximate surface area is 223 Å². The number of carbonyl (C=O) groups excluding carboxylic acids is 1. The van der Waals surface area contributed by atoms with Crippen molar-refractivity contribution < 1.29 is 38.7 Å². The van der Waals surface area contributed by atoms with Crippen molar-refractivity contribution in [3.63, 3.8) is 0 Å². The molecule has 0 saturated carbocycles. The minimum Gasteiger partial charge on any atom is -0.445 e. The number of carbonyl (C=O) groups is 1. The Hall–Kier alpha value is -0.360. The summed E-state index contributed by atoms with van der Waals surface area (Å²) in [4.78, 5) is 12.4. The third-order valence-electron chi connectivity index (χ3n) is 5.60. The zero-order valence-corrected chi connectivity index (χ0v) is 22.8. The molecule has 0 aromatic carbocycles. The van der Waals surface area contributed by atoms with Crippen molar-refractivity contribution in [2.45, 2.75) is 92.4 Å². The largest absolute Gasteiger partial charge is 0.445 e. The first kappa shape index (κ1) is 32.7. The number of hydrogen-bond acceptors (Lipinski definition) is 8.